The summed E-state index contributed by atoms with van der Waals surface area (Å²) < 4.78 is 5.17. The van der Waals surface area contributed by atoms with Crippen LogP contribution in [0.1, 0.15) is 32.1 Å². The molecule has 1 heterocycles. The Balaban J connectivity index is 2.33. The number of ether oxygens (including phenoxy) is 1. The molecule has 6 heteroatoms. The summed E-state index contributed by atoms with van der Waals surface area (Å²) in [5.74, 6) is -1.51. The van der Waals surface area contributed by atoms with Crippen LogP contribution >= 0.6 is 0 Å². The molecule has 1 fully saturated rings. The fourth-order valence-electron chi connectivity index (χ4n) is 2.30. The first kappa shape index (κ1) is 15.9. The number of carbonyl (C=O) groups excluding carboxylic acids is 1. The molecule has 0 aromatic rings. The number of carboxylic acid groups (broad SMARTS) is 1. The summed E-state index contributed by atoms with van der Waals surface area (Å²) in [4.78, 5) is 24.6. The van der Waals surface area contributed by atoms with Crippen LogP contribution < -0.4 is 5.73 Å². The van der Waals surface area contributed by atoms with Crippen molar-refractivity contribution in [2.75, 3.05) is 26.8 Å². The molecule has 19 heavy (non-hydrogen) atoms. The number of carboxylic acids is 1. The third kappa shape index (κ3) is 4.80. The van der Waals surface area contributed by atoms with E-state index in [1.165, 1.54) is 4.90 Å². The molecule has 6 nitrogen and oxygen atoms in total. The smallest absolute Gasteiger partial charge is 0.311 e. The number of nitrogens with zero attached hydrogens (tertiary/aromatic N) is 1. The normalized spacial score (nSPS) is 22.4. The van der Waals surface area contributed by atoms with Crippen molar-refractivity contribution >= 4 is 11.9 Å². The second-order valence-electron chi connectivity index (χ2n) is 5.01. The molecule has 0 aromatic carbocycles. The molecule has 3 N–H and O–H groups in total. The Morgan fingerprint density at radius 2 is 1.95 bits per heavy atom. The average molecular weight is 272 g/mol. The molecule has 0 saturated carbocycles. The fraction of sp³-hybridized carbons (Fsp3) is 0.846. The van der Waals surface area contributed by atoms with Crippen molar-refractivity contribution in [2.24, 2.45) is 11.7 Å². The molecule has 0 aliphatic carbocycles. The van der Waals surface area contributed by atoms with E-state index < -0.39 is 11.9 Å². The third-order valence-electron chi connectivity index (χ3n) is 3.60. The van der Waals surface area contributed by atoms with E-state index in [0.717, 1.165) is 25.7 Å². The molecule has 0 spiro atoms. The number of nitrogens with two attached hydrogens (primary N) is 1. The van der Waals surface area contributed by atoms with Gasteiger partial charge in [-0.1, -0.05) is 12.8 Å². The van der Waals surface area contributed by atoms with Gasteiger partial charge in [0.2, 0.25) is 5.91 Å². The number of rotatable bonds is 8. The molecule has 1 aliphatic rings. The van der Waals surface area contributed by atoms with E-state index >= 15 is 0 Å². The molecule has 1 saturated heterocycles. The second-order valence-corrected chi connectivity index (χ2v) is 5.01. The Morgan fingerprint density at radius 1 is 1.26 bits per heavy atom. The average Bonchev–Trinajstić information content (AvgIpc) is 2.86. The van der Waals surface area contributed by atoms with Crippen LogP contribution in [-0.4, -0.2) is 54.7 Å². The standard InChI is InChI=1S/C13H24N2O4/c1-15(11-9-19-8-10(11)13(17)18)12(16)6-4-2-3-5-7-14/h10-11H,2-9,14H2,1H3,(H,17,18). The van der Waals surface area contributed by atoms with E-state index in [9.17, 15) is 9.59 Å². The van der Waals surface area contributed by atoms with Crippen molar-refractivity contribution in [1.82, 2.24) is 4.90 Å². The first-order valence-electron chi connectivity index (χ1n) is 6.84. The van der Waals surface area contributed by atoms with E-state index in [4.69, 9.17) is 15.6 Å². The fourth-order valence-corrected chi connectivity index (χ4v) is 2.30. The highest BCUT2D eigenvalue weighted by atomic mass is 16.5. The number of carbonyl (C=O) groups is 2. The zero-order chi connectivity index (χ0) is 14.3. The Kier molecular flexibility index (Phi) is 6.80. The predicted octanol–water partition coefficient (Wildman–Crippen LogP) is 0.454. The number of amides is 1. The van der Waals surface area contributed by atoms with E-state index in [2.05, 4.69) is 0 Å². The van der Waals surface area contributed by atoms with Crippen LogP contribution in [0.25, 0.3) is 0 Å². The number of hydrogen-bond donors (Lipinski definition) is 2. The number of hydrogen-bond acceptors (Lipinski definition) is 4. The van der Waals surface area contributed by atoms with Crippen LogP contribution in [0.15, 0.2) is 0 Å². The highest BCUT2D eigenvalue weighted by molar-refractivity contribution is 5.78. The zero-order valence-electron chi connectivity index (χ0n) is 11.5. The van der Waals surface area contributed by atoms with Gasteiger partial charge in [-0.15, -0.1) is 0 Å². The molecule has 2 unspecified atom stereocenters. The van der Waals surface area contributed by atoms with Crippen LogP contribution in [0.3, 0.4) is 0 Å². The lowest BCUT2D eigenvalue weighted by Gasteiger charge is -2.26. The quantitative estimate of drug-likeness (QED) is 0.626. The summed E-state index contributed by atoms with van der Waals surface area (Å²) in [5, 5.41) is 9.06. The lowest BCUT2D eigenvalue weighted by molar-refractivity contribution is -0.144. The molecule has 2 atom stereocenters. The molecular formula is C13H24N2O4. The first-order chi connectivity index (χ1) is 9.07. The zero-order valence-corrected chi connectivity index (χ0v) is 11.5. The van der Waals surface area contributed by atoms with Crippen LogP contribution in [0.4, 0.5) is 0 Å². The van der Waals surface area contributed by atoms with Crippen molar-refractivity contribution in [1.29, 1.82) is 0 Å². The Bertz CT molecular complexity index is 309. The summed E-state index contributed by atoms with van der Waals surface area (Å²) in [6, 6.07) is -0.339. The van der Waals surface area contributed by atoms with Crippen LogP contribution in [0.5, 0.6) is 0 Å². The molecule has 0 bridgehead atoms. The van der Waals surface area contributed by atoms with Crippen LogP contribution in [0.2, 0.25) is 0 Å². The van der Waals surface area contributed by atoms with Gasteiger partial charge < -0.3 is 20.5 Å². The number of unbranched alkanes of at least 4 members (excludes halogenated alkanes) is 3. The number of aliphatic carboxylic acids is 1. The van der Waals surface area contributed by atoms with Crippen LogP contribution in [0, 0.1) is 5.92 Å². The van der Waals surface area contributed by atoms with Gasteiger partial charge in [0.1, 0.15) is 5.92 Å². The van der Waals surface area contributed by atoms with E-state index in [1.54, 1.807) is 7.05 Å². The van der Waals surface area contributed by atoms with Gasteiger partial charge in [0.05, 0.1) is 19.3 Å². The molecule has 0 aromatic heterocycles. The number of likely N-dealkylation sites (N-methyl/N-ethyl adjacent to an activating group) is 1. The summed E-state index contributed by atoms with van der Waals surface area (Å²) in [6.45, 7) is 1.19. The largest absolute Gasteiger partial charge is 0.481 e. The second kappa shape index (κ2) is 8.12. The minimum atomic E-state index is -0.898. The molecule has 1 aliphatic heterocycles. The maximum absolute atomic E-state index is 12.0. The lowest BCUT2D eigenvalue weighted by Crippen LogP contribution is -2.44. The van der Waals surface area contributed by atoms with Gasteiger partial charge in [0.25, 0.3) is 0 Å². The third-order valence-corrected chi connectivity index (χ3v) is 3.60. The Hall–Kier alpha value is -1.14. The molecule has 110 valence electrons. The minimum absolute atomic E-state index is 0.00509. The van der Waals surface area contributed by atoms with E-state index in [1.807, 2.05) is 0 Å². The summed E-state index contributed by atoms with van der Waals surface area (Å²) in [7, 11) is 1.66. The Morgan fingerprint density at radius 3 is 2.58 bits per heavy atom. The van der Waals surface area contributed by atoms with Crippen molar-refractivity contribution in [2.45, 2.75) is 38.1 Å². The predicted molar refractivity (Wildman–Crippen MR) is 70.6 cm³/mol. The topological polar surface area (TPSA) is 92.9 Å². The van der Waals surface area contributed by atoms with Crippen molar-refractivity contribution in [3.8, 4) is 0 Å². The maximum Gasteiger partial charge on any atom is 0.311 e. The van der Waals surface area contributed by atoms with E-state index in [-0.39, 0.29) is 18.6 Å². The summed E-state index contributed by atoms with van der Waals surface area (Å²) in [5.41, 5.74) is 5.40. The molecule has 1 amide bonds. The van der Waals surface area contributed by atoms with Gasteiger partial charge in [-0.05, 0) is 19.4 Å². The van der Waals surface area contributed by atoms with Gasteiger partial charge >= 0.3 is 5.97 Å². The summed E-state index contributed by atoms with van der Waals surface area (Å²) in [6.07, 6.45) is 4.30. The molecular weight excluding hydrogens is 248 g/mol. The highest BCUT2D eigenvalue weighted by Gasteiger charge is 2.38. The molecule has 0 radical (unpaired) electrons. The SMILES string of the molecule is CN(C(=O)CCCCCCN)C1COCC1C(=O)O. The van der Waals surface area contributed by atoms with Gasteiger partial charge in [0.15, 0.2) is 0 Å². The van der Waals surface area contributed by atoms with Crippen molar-refractivity contribution in [3.05, 3.63) is 0 Å². The van der Waals surface area contributed by atoms with Gasteiger partial charge in [-0.2, -0.15) is 0 Å². The van der Waals surface area contributed by atoms with Crippen molar-refractivity contribution in [3.63, 3.8) is 0 Å². The van der Waals surface area contributed by atoms with Gasteiger partial charge in [-0.25, -0.2) is 0 Å². The molecule has 1 rings (SSSR count). The van der Waals surface area contributed by atoms with Gasteiger partial charge in [-0.3, -0.25) is 9.59 Å². The summed E-state index contributed by atoms with van der Waals surface area (Å²) >= 11 is 0. The lowest BCUT2D eigenvalue weighted by atomic mass is 10.0. The Labute approximate surface area is 113 Å². The maximum atomic E-state index is 12.0. The minimum Gasteiger partial charge on any atom is -0.481 e. The first-order valence-corrected chi connectivity index (χ1v) is 6.84. The highest BCUT2D eigenvalue weighted by Crippen LogP contribution is 2.20. The van der Waals surface area contributed by atoms with E-state index in [0.29, 0.717) is 19.6 Å². The van der Waals surface area contributed by atoms with Gasteiger partial charge in [0, 0.05) is 13.5 Å². The van der Waals surface area contributed by atoms with Crippen LogP contribution in [-0.2, 0) is 14.3 Å². The van der Waals surface area contributed by atoms with Crippen molar-refractivity contribution < 1.29 is 19.4 Å². The monoisotopic (exact) mass is 272 g/mol.